The Labute approximate surface area is 182 Å². The first kappa shape index (κ1) is 18.6. The fourth-order valence-electron chi connectivity index (χ4n) is 4.99. The number of benzene rings is 2. The van der Waals surface area contributed by atoms with Crippen LogP contribution in [0.25, 0.3) is 11.0 Å². The quantitative estimate of drug-likeness (QED) is 0.489. The number of para-hydroxylation sites is 1. The van der Waals surface area contributed by atoms with Crippen LogP contribution in [0.15, 0.2) is 74.5 Å². The third-order valence-corrected chi connectivity index (χ3v) is 6.42. The molecule has 2 amide bonds. The zero-order valence-electron chi connectivity index (χ0n) is 17.4. The van der Waals surface area contributed by atoms with Crippen LogP contribution in [0.1, 0.15) is 33.0 Å². The van der Waals surface area contributed by atoms with Gasteiger partial charge in [0.15, 0.2) is 11.0 Å². The lowest BCUT2D eigenvalue weighted by molar-refractivity contribution is -0.126. The van der Waals surface area contributed by atoms with Crippen LogP contribution in [0.2, 0.25) is 0 Å². The van der Waals surface area contributed by atoms with E-state index in [9.17, 15) is 14.4 Å². The molecule has 1 spiro atoms. The fraction of sp³-hybridized carbons (Fsp3) is 0.160. The van der Waals surface area contributed by atoms with Crippen molar-refractivity contribution in [2.75, 3.05) is 11.9 Å². The molecule has 0 fully saturated rings. The van der Waals surface area contributed by atoms with Gasteiger partial charge < -0.3 is 18.6 Å². The monoisotopic (exact) mass is 426 g/mol. The number of anilines is 1. The summed E-state index contributed by atoms with van der Waals surface area (Å²) < 4.78 is 11.5. The van der Waals surface area contributed by atoms with Crippen molar-refractivity contribution in [3.05, 3.63) is 99.3 Å². The molecule has 2 aromatic carbocycles. The second kappa shape index (κ2) is 6.20. The smallest absolute Gasteiger partial charge is 0.291 e. The molecule has 6 rings (SSSR count). The van der Waals surface area contributed by atoms with Gasteiger partial charge in [-0.15, -0.1) is 0 Å². The minimum absolute atomic E-state index is 0.0127. The summed E-state index contributed by atoms with van der Waals surface area (Å²) in [6.45, 7) is 1.89. The summed E-state index contributed by atoms with van der Waals surface area (Å²) in [5.41, 5.74) is 0.480. The van der Waals surface area contributed by atoms with Crippen LogP contribution in [-0.2, 0) is 16.9 Å². The van der Waals surface area contributed by atoms with Gasteiger partial charge in [0.1, 0.15) is 11.3 Å². The van der Waals surface area contributed by atoms with Crippen LogP contribution in [-0.4, -0.2) is 23.8 Å². The molecule has 0 saturated heterocycles. The minimum atomic E-state index is -1.62. The number of hydrogen-bond acceptors (Lipinski definition) is 5. The van der Waals surface area contributed by atoms with Gasteiger partial charge in [0.2, 0.25) is 5.76 Å². The van der Waals surface area contributed by atoms with Crippen molar-refractivity contribution < 1.29 is 18.4 Å². The van der Waals surface area contributed by atoms with Crippen LogP contribution < -0.4 is 10.3 Å². The van der Waals surface area contributed by atoms with Crippen molar-refractivity contribution in [1.82, 2.24) is 4.90 Å². The summed E-state index contributed by atoms with van der Waals surface area (Å²) >= 11 is 0. The van der Waals surface area contributed by atoms with Crippen LogP contribution in [0, 0.1) is 6.92 Å². The fourth-order valence-corrected chi connectivity index (χ4v) is 4.99. The van der Waals surface area contributed by atoms with Gasteiger partial charge in [-0.2, -0.15) is 0 Å². The number of furan rings is 1. The van der Waals surface area contributed by atoms with Crippen molar-refractivity contribution >= 4 is 28.5 Å². The van der Waals surface area contributed by atoms with Gasteiger partial charge in [-0.05, 0) is 37.3 Å². The van der Waals surface area contributed by atoms with E-state index in [1.807, 2.05) is 25.1 Å². The van der Waals surface area contributed by atoms with E-state index in [4.69, 9.17) is 8.83 Å². The third-order valence-electron chi connectivity index (χ3n) is 6.42. The van der Waals surface area contributed by atoms with Crippen molar-refractivity contribution in [2.45, 2.75) is 19.0 Å². The summed E-state index contributed by atoms with van der Waals surface area (Å²) in [4.78, 5) is 44.3. The van der Waals surface area contributed by atoms with E-state index >= 15 is 0 Å². The summed E-state index contributed by atoms with van der Waals surface area (Å²) in [5.74, 6) is -0.499. The molecule has 7 nitrogen and oxygen atoms in total. The predicted octanol–water partition coefficient (Wildman–Crippen LogP) is 3.57. The van der Waals surface area contributed by atoms with E-state index < -0.39 is 11.4 Å². The molecular formula is C25H18N2O5. The highest BCUT2D eigenvalue weighted by Gasteiger charge is 2.64. The van der Waals surface area contributed by atoms with Gasteiger partial charge in [0.05, 0.1) is 23.8 Å². The molecule has 32 heavy (non-hydrogen) atoms. The highest BCUT2D eigenvalue weighted by atomic mass is 16.4. The molecule has 0 saturated carbocycles. The Morgan fingerprint density at radius 1 is 1.00 bits per heavy atom. The first-order chi connectivity index (χ1) is 15.4. The summed E-state index contributed by atoms with van der Waals surface area (Å²) in [6.07, 6.45) is 1.51. The van der Waals surface area contributed by atoms with Crippen LogP contribution in [0.4, 0.5) is 5.69 Å². The van der Waals surface area contributed by atoms with Gasteiger partial charge >= 0.3 is 0 Å². The number of carbonyl (C=O) groups excluding carboxylic acids is 2. The Morgan fingerprint density at radius 3 is 2.59 bits per heavy atom. The molecule has 4 heterocycles. The molecule has 1 atom stereocenters. The first-order valence-electron chi connectivity index (χ1n) is 10.2. The Kier molecular flexibility index (Phi) is 3.61. The van der Waals surface area contributed by atoms with Gasteiger partial charge in [-0.1, -0.05) is 29.8 Å². The second-order valence-corrected chi connectivity index (χ2v) is 8.20. The zero-order chi connectivity index (χ0) is 22.2. The summed E-state index contributed by atoms with van der Waals surface area (Å²) in [5, 5.41) is 0.343. The molecule has 0 radical (unpaired) electrons. The van der Waals surface area contributed by atoms with E-state index in [2.05, 4.69) is 0 Å². The molecule has 158 valence electrons. The summed E-state index contributed by atoms with van der Waals surface area (Å²) in [6, 6.07) is 15.9. The van der Waals surface area contributed by atoms with Gasteiger partial charge in [-0.25, -0.2) is 0 Å². The number of rotatable bonds is 2. The van der Waals surface area contributed by atoms with Crippen molar-refractivity contribution in [3.8, 4) is 0 Å². The van der Waals surface area contributed by atoms with Crippen molar-refractivity contribution in [2.24, 2.45) is 0 Å². The number of aryl methyl sites for hydroxylation is 1. The molecular weight excluding hydrogens is 408 g/mol. The lowest BCUT2D eigenvalue weighted by atomic mass is 9.84. The third kappa shape index (κ3) is 2.12. The summed E-state index contributed by atoms with van der Waals surface area (Å²) in [7, 11) is 1.65. The average Bonchev–Trinajstić information content (AvgIpc) is 3.45. The maximum atomic E-state index is 13.9. The lowest BCUT2D eigenvalue weighted by Gasteiger charge is -2.33. The molecule has 1 unspecified atom stereocenters. The Morgan fingerprint density at radius 2 is 1.81 bits per heavy atom. The van der Waals surface area contributed by atoms with E-state index in [1.165, 1.54) is 16.1 Å². The normalized spacial score (nSPS) is 19.3. The molecule has 0 bridgehead atoms. The SMILES string of the molecule is Cc1ccc2oc3c(c(=O)c2c1)C1(C(=O)N(C)c2ccccc21)N(Cc1ccco1)C3=O. The van der Waals surface area contributed by atoms with Crippen LogP contribution >= 0.6 is 0 Å². The largest absolute Gasteiger partial charge is 0.467 e. The molecule has 2 aliphatic heterocycles. The lowest BCUT2D eigenvalue weighted by Crippen LogP contribution is -2.52. The minimum Gasteiger partial charge on any atom is -0.467 e. The standard InChI is InChI=1S/C25H18N2O5/c1-14-9-10-19-16(12-14)21(28)20-22(32-19)23(29)27(13-15-6-5-11-31-15)25(20)17-7-3-4-8-18(17)26(2)24(25)30/h3-12H,13H2,1-2H3. The molecule has 2 aliphatic rings. The zero-order valence-corrected chi connectivity index (χ0v) is 17.4. The topological polar surface area (TPSA) is 84.0 Å². The molecule has 4 aromatic rings. The van der Waals surface area contributed by atoms with Crippen molar-refractivity contribution in [1.29, 1.82) is 0 Å². The highest BCUT2D eigenvalue weighted by molar-refractivity contribution is 6.16. The maximum Gasteiger partial charge on any atom is 0.291 e. The van der Waals surface area contributed by atoms with E-state index in [0.717, 1.165) is 5.56 Å². The first-order valence-corrected chi connectivity index (χ1v) is 10.2. The number of carbonyl (C=O) groups is 2. The number of nitrogens with zero attached hydrogens (tertiary/aromatic N) is 2. The number of likely N-dealkylation sites (N-methyl/N-ethyl adjacent to an activating group) is 1. The Hall–Kier alpha value is -4.13. The van der Waals surface area contributed by atoms with Crippen LogP contribution in [0.5, 0.6) is 0 Å². The van der Waals surface area contributed by atoms with E-state index in [1.54, 1.807) is 43.4 Å². The van der Waals surface area contributed by atoms with Crippen LogP contribution in [0.3, 0.4) is 0 Å². The second-order valence-electron chi connectivity index (χ2n) is 8.20. The predicted molar refractivity (Wildman–Crippen MR) is 116 cm³/mol. The van der Waals surface area contributed by atoms with E-state index in [-0.39, 0.29) is 29.2 Å². The number of fused-ring (bicyclic) bond motifs is 5. The Balaban J connectivity index is 1.75. The van der Waals surface area contributed by atoms with Gasteiger partial charge in [-0.3, -0.25) is 14.4 Å². The average molecular weight is 426 g/mol. The highest BCUT2D eigenvalue weighted by Crippen LogP contribution is 2.52. The maximum absolute atomic E-state index is 13.9. The molecule has 2 aromatic heterocycles. The number of hydrogen-bond donors (Lipinski definition) is 0. The van der Waals surface area contributed by atoms with Crippen molar-refractivity contribution in [3.63, 3.8) is 0 Å². The Bertz CT molecular complexity index is 1500. The van der Waals surface area contributed by atoms with Gasteiger partial charge in [0.25, 0.3) is 11.8 Å². The molecule has 0 aliphatic carbocycles. The molecule has 0 N–H and O–H groups in total. The number of amides is 2. The van der Waals surface area contributed by atoms with E-state index in [0.29, 0.717) is 28.0 Å². The molecule has 7 heteroatoms. The van der Waals surface area contributed by atoms with Gasteiger partial charge in [0, 0.05) is 18.3 Å².